The average molecular weight is 262 g/mol. The van der Waals surface area contributed by atoms with Gasteiger partial charge in [-0.2, -0.15) is 0 Å². The maximum absolute atomic E-state index is 11.6. The number of rotatable bonds is 8. The maximum Gasteiger partial charge on any atom is 0.332 e. The van der Waals surface area contributed by atoms with Crippen LogP contribution in [0.2, 0.25) is 0 Å². The van der Waals surface area contributed by atoms with Crippen LogP contribution >= 0.6 is 7.60 Å². The lowest BCUT2D eigenvalue weighted by Gasteiger charge is -2.27. The molecule has 0 heterocycles. The van der Waals surface area contributed by atoms with Crippen molar-refractivity contribution in [3.63, 3.8) is 0 Å². The second-order valence-electron chi connectivity index (χ2n) is 4.52. The second-order valence-corrected chi connectivity index (χ2v) is 6.32. The predicted molar refractivity (Wildman–Crippen MR) is 73.2 cm³/mol. The highest BCUT2D eigenvalue weighted by Gasteiger charge is 2.33. The van der Waals surface area contributed by atoms with Crippen LogP contribution < -0.4 is 0 Å². The summed E-state index contributed by atoms with van der Waals surface area (Å²) in [6.45, 7) is 8.08. The molecule has 4 heteroatoms. The molecule has 0 aliphatic carbocycles. The smallest absolute Gasteiger partial charge is 0.324 e. The summed E-state index contributed by atoms with van der Waals surface area (Å²) in [5.74, 6) is 0.317. The molecule has 0 radical (unpaired) electrons. The Bertz CT molecular complexity index is 280. The summed E-state index contributed by atoms with van der Waals surface area (Å²) < 4.78 is 11.6. The molecule has 0 fully saturated rings. The van der Waals surface area contributed by atoms with Crippen LogP contribution in [0.4, 0.5) is 0 Å². The van der Waals surface area contributed by atoms with Crippen LogP contribution in [-0.2, 0) is 4.57 Å². The highest BCUT2D eigenvalue weighted by atomic mass is 31.2. The van der Waals surface area contributed by atoms with Crippen LogP contribution in [-0.4, -0.2) is 15.4 Å². The molecule has 0 aromatic heterocycles. The van der Waals surface area contributed by atoms with E-state index in [1.807, 2.05) is 19.9 Å². The van der Waals surface area contributed by atoms with Gasteiger partial charge in [0.15, 0.2) is 0 Å². The maximum atomic E-state index is 11.6. The van der Waals surface area contributed by atoms with Crippen molar-refractivity contribution in [2.45, 2.75) is 65.5 Å². The Morgan fingerprint density at radius 3 is 2.06 bits per heavy atom. The van der Waals surface area contributed by atoms with Crippen molar-refractivity contribution >= 4 is 7.60 Å². The Morgan fingerprint density at radius 2 is 1.76 bits per heavy atom. The number of hydrogen-bond acceptors (Lipinski definition) is 1. The molecule has 0 spiro atoms. The summed E-state index contributed by atoms with van der Waals surface area (Å²) in [6.07, 6.45) is 6.39. The predicted octanol–water partition coefficient (Wildman–Crippen LogP) is 4.11. The molecule has 2 N–H and O–H groups in total. The first kappa shape index (κ1) is 16.9. The molecule has 2 atom stereocenters. The largest absolute Gasteiger partial charge is 0.332 e. The molecule has 0 amide bonds. The van der Waals surface area contributed by atoms with E-state index in [1.165, 1.54) is 0 Å². The van der Waals surface area contributed by atoms with Crippen molar-refractivity contribution < 1.29 is 14.4 Å². The van der Waals surface area contributed by atoms with E-state index in [9.17, 15) is 14.4 Å². The standard InChI is InChI=1S/C13H27O3P/c1-5-9-11(7-3)12(10-6-2)13(8-4)17(14,15)16/h10-11,13H,5-9H2,1-4H3,(H2,14,15,16). The Labute approximate surface area is 105 Å². The zero-order valence-electron chi connectivity index (χ0n) is 11.5. The van der Waals surface area contributed by atoms with Gasteiger partial charge in [0.2, 0.25) is 0 Å². The van der Waals surface area contributed by atoms with Gasteiger partial charge in [0.1, 0.15) is 0 Å². The molecular weight excluding hydrogens is 235 g/mol. The minimum atomic E-state index is -4.02. The zero-order valence-corrected chi connectivity index (χ0v) is 12.4. The fraction of sp³-hybridized carbons (Fsp3) is 0.846. The summed E-state index contributed by atoms with van der Waals surface area (Å²) in [5, 5.41) is 0. The van der Waals surface area contributed by atoms with Crippen molar-refractivity contribution in [3.05, 3.63) is 11.6 Å². The van der Waals surface area contributed by atoms with Crippen LogP contribution in [0.15, 0.2) is 11.6 Å². The van der Waals surface area contributed by atoms with E-state index in [-0.39, 0.29) is 0 Å². The van der Waals surface area contributed by atoms with Gasteiger partial charge in [0.05, 0.1) is 5.66 Å². The highest BCUT2D eigenvalue weighted by molar-refractivity contribution is 7.52. The molecule has 0 aromatic rings. The fourth-order valence-corrected chi connectivity index (χ4v) is 3.61. The average Bonchev–Trinajstić information content (AvgIpc) is 2.24. The second kappa shape index (κ2) is 8.07. The van der Waals surface area contributed by atoms with Crippen LogP contribution in [0.25, 0.3) is 0 Å². The van der Waals surface area contributed by atoms with E-state index in [4.69, 9.17) is 0 Å². The van der Waals surface area contributed by atoms with Gasteiger partial charge < -0.3 is 9.79 Å². The first-order valence-corrected chi connectivity index (χ1v) is 8.35. The molecule has 0 bridgehead atoms. The molecule has 0 rings (SSSR count). The Hall–Kier alpha value is -0.110. The van der Waals surface area contributed by atoms with Gasteiger partial charge in [-0.1, -0.05) is 45.8 Å². The molecule has 17 heavy (non-hydrogen) atoms. The summed E-state index contributed by atoms with van der Waals surface area (Å²) in [7, 11) is -4.02. The summed E-state index contributed by atoms with van der Waals surface area (Å²) in [4.78, 5) is 18.9. The lowest BCUT2D eigenvalue weighted by atomic mass is 9.88. The third kappa shape index (κ3) is 5.37. The van der Waals surface area contributed by atoms with Gasteiger partial charge in [-0.25, -0.2) is 0 Å². The summed E-state index contributed by atoms with van der Waals surface area (Å²) in [5.41, 5.74) is 0.395. The van der Waals surface area contributed by atoms with Crippen molar-refractivity contribution in [2.75, 3.05) is 0 Å². The first-order chi connectivity index (χ1) is 7.92. The molecule has 0 saturated carbocycles. The first-order valence-electron chi connectivity index (χ1n) is 6.67. The topological polar surface area (TPSA) is 57.5 Å². The minimum Gasteiger partial charge on any atom is -0.324 e. The van der Waals surface area contributed by atoms with Crippen molar-refractivity contribution in [2.24, 2.45) is 5.92 Å². The number of allylic oxidation sites excluding steroid dienone is 2. The Kier molecular flexibility index (Phi) is 8.02. The van der Waals surface area contributed by atoms with Crippen molar-refractivity contribution in [1.82, 2.24) is 0 Å². The van der Waals surface area contributed by atoms with Crippen LogP contribution in [0.3, 0.4) is 0 Å². The van der Waals surface area contributed by atoms with E-state index in [0.717, 1.165) is 31.3 Å². The van der Waals surface area contributed by atoms with Gasteiger partial charge in [-0.3, -0.25) is 4.57 Å². The zero-order chi connectivity index (χ0) is 13.5. The molecule has 0 saturated heterocycles. The Morgan fingerprint density at radius 1 is 1.18 bits per heavy atom. The van der Waals surface area contributed by atoms with Gasteiger partial charge in [-0.05, 0) is 31.6 Å². The normalized spacial score (nSPS) is 16.9. The Balaban J connectivity index is 5.19. The monoisotopic (exact) mass is 262 g/mol. The van der Waals surface area contributed by atoms with Gasteiger partial charge >= 0.3 is 7.60 Å². The van der Waals surface area contributed by atoms with E-state index in [0.29, 0.717) is 12.3 Å². The molecule has 0 aromatic carbocycles. The number of hydrogen-bond donors (Lipinski definition) is 2. The van der Waals surface area contributed by atoms with Crippen LogP contribution in [0.1, 0.15) is 59.8 Å². The SMILES string of the molecule is CCC=C(C(CC)CCC)C(CC)P(=O)(O)O. The van der Waals surface area contributed by atoms with E-state index in [2.05, 4.69) is 13.8 Å². The van der Waals surface area contributed by atoms with E-state index >= 15 is 0 Å². The van der Waals surface area contributed by atoms with E-state index < -0.39 is 13.3 Å². The molecule has 102 valence electrons. The summed E-state index contributed by atoms with van der Waals surface area (Å²) in [6, 6.07) is 0. The minimum absolute atomic E-state index is 0.317. The lowest BCUT2D eigenvalue weighted by Crippen LogP contribution is -2.18. The third-order valence-electron chi connectivity index (χ3n) is 3.22. The molecule has 2 unspecified atom stereocenters. The lowest BCUT2D eigenvalue weighted by molar-refractivity contribution is 0.355. The van der Waals surface area contributed by atoms with Gasteiger partial charge in [0.25, 0.3) is 0 Å². The molecule has 0 aliphatic heterocycles. The van der Waals surface area contributed by atoms with Crippen LogP contribution in [0.5, 0.6) is 0 Å². The molecule has 0 aliphatic rings. The van der Waals surface area contributed by atoms with Gasteiger partial charge in [0, 0.05) is 0 Å². The molecule has 3 nitrogen and oxygen atoms in total. The molecular formula is C13H27O3P. The van der Waals surface area contributed by atoms with Gasteiger partial charge in [-0.15, -0.1) is 0 Å². The van der Waals surface area contributed by atoms with Crippen molar-refractivity contribution in [1.29, 1.82) is 0 Å². The van der Waals surface area contributed by atoms with E-state index in [1.54, 1.807) is 0 Å². The quantitative estimate of drug-likeness (QED) is 0.511. The third-order valence-corrected chi connectivity index (χ3v) is 4.69. The summed E-state index contributed by atoms with van der Waals surface area (Å²) >= 11 is 0. The van der Waals surface area contributed by atoms with Crippen molar-refractivity contribution in [3.8, 4) is 0 Å². The highest BCUT2D eigenvalue weighted by Crippen LogP contribution is 2.49. The fourth-order valence-electron chi connectivity index (χ4n) is 2.43. The van der Waals surface area contributed by atoms with Crippen LogP contribution in [0, 0.1) is 5.92 Å².